The molecular formula is C6H5O11SZn2-. The number of hydrogen-bond donors (Lipinski definition) is 1. The van der Waals surface area contributed by atoms with Crippen LogP contribution in [0.1, 0.15) is 12.8 Å². The molecule has 0 aliphatic rings. The van der Waals surface area contributed by atoms with Gasteiger partial charge in [0.1, 0.15) is 5.60 Å². The number of hydrogen-bond acceptors (Lipinski definition) is 11. The van der Waals surface area contributed by atoms with Crippen LogP contribution >= 0.6 is 0 Å². The smallest absolute Gasteiger partial charge is 0.759 e. The maximum absolute atomic E-state index is 10.1. The summed E-state index contributed by atoms with van der Waals surface area (Å²) in [6.07, 6.45) is -2.72. The number of carboxylic acids is 3. The van der Waals surface area contributed by atoms with Crippen molar-refractivity contribution in [3.05, 3.63) is 0 Å². The average molecular weight is 416 g/mol. The number of carbonyl (C=O) groups is 3. The summed E-state index contributed by atoms with van der Waals surface area (Å²) < 4.78 is 34.1. The van der Waals surface area contributed by atoms with Crippen molar-refractivity contribution in [3.8, 4) is 0 Å². The minimum Gasteiger partial charge on any atom is -0.759 e. The Labute approximate surface area is 138 Å². The van der Waals surface area contributed by atoms with Gasteiger partial charge in [0.25, 0.3) is 0 Å². The molecule has 0 atom stereocenters. The number of carboxylic acid groups (broad SMARTS) is 3. The number of rotatable bonds is 5. The average Bonchev–Trinajstić information content (AvgIpc) is 1.95. The van der Waals surface area contributed by atoms with Crippen molar-refractivity contribution in [3.63, 3.8) is 0 Å². The Morgan fingerprint density at radius 1 is 0.900 bits per heavy atom. The zero-order valence-electron chi connectivity index (χ0n) is 9.77. The second-order valence-corrected chi connectivity index (χ2v) is 3.64. The summed E-state index contributed by atoms with van der Waals surface area (Å²) in [6.45, 7) is 0. The van der Waals surface area contributed by atoms with Gasteiger partial charge in [0.2, 0.25) is 0 Å². The van der Waals surface area contributed by atoms with Crippen molar-refractivity contribution in [2.45, 2.75) is 18.4 Å². The van der Waals surface area contributed by atoms with Crippen LogP contribution in [0.2, 0.25) is 0 Å². The molecule has 106 valence electrons. The summed E-state index contributed by atoms with van der Waals surface area (Å²) in [6, 6.07) is 0. The van der Waals surface area contributed by atoms with Crippen LogP contribution in [0.15, 0.2) is 0 Å². The van der Waals surface area contributed by atoms with Gasteiger partial charge in [0.15, 0.2) is 0 Å². The predicted octanol–water partition coefficient (Wildman–Crippen LogP) is -6.60. The Bertz CT molecular complexity index is 406. The molecule has 0 aliphatic carbocycles. The molecule has 0 fully saturated rings. The molecule has 0 spiro atoms. The number of carbonyl (C=O) groups excluding carboxylic acids is 3. The van der Waals surface area contributed by atoms with E-state index >= 15 is 0 Å². The van der Waals surface area contributed by atoms with E-state index in [2.05, 4.69) is 0 Å². The Morgan fingerprint density at radius 2 is 1.10 bits per heavy atom. The molecule has 0 aliphatic heterocycles. The van der Waals surface area contributed by atoms with Gasteiger partial charge in [0.05, 0.1) is 5.97 Å². The van der Waals surface area contributed by atoms with E-state index in [1.54, 1.807) is 0 Å². The molecule has 0 amide bonds. The van der Waals surface area contributed by atoms with Crippen molar-refractivity contribution in [2.24, 2.45) is 0 Å². The standard InChI is InChI=1S/C6H8O7.H2O4S.2Zn/c7-3(8)1-6(13,5(11)12)2-4(9)10;1-5(2,3)4;;/h13H,1-2H2,(H,7,8)(H,9,10)(H,11,12);(H2,1,2,3,4);;/q;;2*+2/p-5. The Kier molecular flexibility index (Phi) is 15.5. The SMILES string of the molecule is O=C([O-])CC(O)(CC(=O)[O-])C(=O)[O-].O=S(=O)([O-])[O-].[Zn+2].[Zn+2]. The maximum Gasteiger partial charge on any atom is 2.00 e. The second kappa shape index (κ2) is 11.2. The van der Waals surface area contributed by atoms with Crippen LogP contribution in [0.25, 0.3) is 0 Å². The molecular weight excluding hydrogens is 411 g/mol. The monoisotopic (exact) mass is 413 g/mol. The van der Waals surface area contributed by atoms with Crippen LogP contribution in [0.3, 0.4) is 0 Å². The van der Waals surface area contributed by atoms with E-state index in [1.807, 2.05) is 0 Å². The first-order chi connectivity index (χ1) is 7.78. The fourth-order valence-corrected chi connectivity index (χ4v) is 0.684. The van der Waals surface area contributed by atoms with Crippen LogP contribution in [-0.4, -0.2) is 46.1 Å². The van der Waals surface area contributed by atoms with Gasteiger partial charge >= 0.3 is 39.0 Å². The molecule has 0 saturated carbocycles. The molecule has 0 aromatic heterocycles. The molecule has 1 N–H and O–H groups in total. The van der Waals surface area contributed by atoms with E-state index in [4.69, 9.17) is 22.6 Å². The fraction of sp³-hybridized carbons (Fsp3) is 0.500. The third kappa shape index (κ3) is 19.8. The van der Waals surface area contributed by atoms with Gasteiger partial charge in [0, 0.05) is 35.2 Å². The normalized spacial score (nSPS) is 9.95. The van der Waals surface area contributed by atoms with E-state index in [-0.39, 0.29) is 39.0 Å². The fourth-order valence-electron chi connectivity index (χ4n) is 0.684. The molecule has 11 nitrogen and oxygen atoms in total. The van der Waals surface area contributed by atoms with E-state index in [0.717, 1.165) is 0 Å². The van der Waals surface area contributed by atoms with Crippen LogP contribution in [0, 0.1) is 0 Å². The van der Waals surface area contributed by atoms with Gasteiger partial charge in [-0.2, -0.15) is 0 Å². The van der Waals surface area contributed by atoms with Gasteiger partial charge < -0.3 is 43.9 Å². The molecule has 0 bridgehead atoms. The van der Waals surface area contributed by atoms with E-state index in [1.165, 1.54) is 0 Å². The zero-order valence-corrected chi connectivity index (χ0v) is 16.5. The van der Waals surface area contributed by atoms with Crippen LogP contribution in [0.5, 0.6) is 0 Å². The summed E-state index contributed by atoms with van der Waals surface area (Å²) in [4.78, 5) is 30.0. The van der Waals surface area contributed by atoms with Crippen molar-refractivity contribution in [1.29, 1.82) is 0 Å². The molecule has 0 unspecified atom stereocenters. The van der Waals surface area contributed by atoms with Crippen molar-refractivity contribution >= 4 is 28.3 Å². The largest absolute Gasteiger partial charge is 2.00 e. The summed E-state index contributed by atoms with van der Waals surface area (Å²) >= 11 is 0. The summed E-state index contributed by atoms with van der Waals surface area (Å²) in [5.74, 6) is -5.98. The van der Waals surface area contributed by atoms with Gasteiger partial charge in [-0.15, -0.1) is 0 Å². The van der Waals surface area contributed by atoms with Crippen molar-refractivity contribution in [2.75, 3.05) is 0 Å². The Balaban J connectivity index is -0.000000158. The Morgan fingerprint density at radius 3 is 1.20 bits per heavy atom. The van der Waals surface area contributed by atoms with E-state index < -0.39 is 46.7 Å². The molecule has 0 aromatic rings. The minimum absolute atomic E-state index is 0. The van der Waals surface area contributed by atoms with Crippen molar-refractivity contribution < 1.29 is 91.3 Å². The van der Waals surface area contributed by atoms with Crippen molar-refractivity contribution in [1.82, 2.24) is 0 Å². The Hall–Kier alpha value is -0.513. The summed E-state index contributed by atoms with van der Waals surface area (Å²) in [5.41, 5.74) is -2.97. The molecule has 0 rings (SSSR count). The number of aliphatic hydroxyl groups is 1. The first-order valence-corrected chi connectivity index (χ1v) is 5.11. The molecule has 0 saturated heterocycles. The zero-order chi connectivity index (χ0) is 15.1. The molecule has 0 heterocycles. The first kappa shape index (κ1) is 27.8. The molecule has 20 heavy (non-hydrogen) atoms. The first-order valence-electron chi connectivity index (χ1n) is 3.78. The van der Waals surface area contributed by atoms with E-state index in [9.17, 15) is 29.7 Å². The van der Waals surface area contributed by atoms with E-state index in [0.29, 0.717) is 0 Å². The van der Waals surface area contributed by atoms with Gasteiger partial charge in [-0.05, 0) is 0 Å². The molecule has 14 heteroatoms. The van der Waals surface area contributed by atoms with Crippen LogP contribution in [0.4, 0.5) is 0 Å². The van der Waals surface area contributed by atoms with Crippen LogP contribution < -0.4 is 15.3 Å². The third-order valence-electron chi connectivity index (χ3n) is 1.25. The van der Waals surface area contributed by atoms with Gasteiger partial charge in [-0.1, -0.05) is 0 Å². The van der Waals surface area contributed by atoms with Crippen LogP contribution in [-0.2, 0) is 63.7 Å². The maximum atomic E-state index is 10.1. The topological polar surface area (TPSA) is 221 Å². The molecule has 0 radical (unpaired) electrons. The summed E-state index contributed by atoms with van der Waals surface area (Å²) in [5, 5.41) is 38.9. The third-order valence-corrected chi connectivity index (χ3v) is 1.25. The number of aliphatic carboxylic acids is 3. The van der Waals surface area contributed by atoms with Gasteiger partial charge in [-0.3, -0.25) is 8.42 Å². The quantitative estimate of drug-likeness (QED) is 0.252. The minimum atomic E-state index is -5.17. The summed E-state index contributed by atoms with van der Waals surface area (Å²) in [7, 11) is -5.17. The molecule has 0 aromatic carbocycles. The van der Waals surface area contributed by atoms with Gasteiger partial charge in [-0.25, -0.2) is 0 Å². The second-order valence-electron chi connectivity index (χ2n) is 2.82. The predicted molar refractivity (Wildman–Crippen MR) is 39.7 cm³/mol.